The Morgan fingerprint density at radius 3 is 2.64 bits per heavy atom. The van der Waals surface area contributed by atoms with Crippen molar-refractivity contribution in [1.82, 2.24) is 5.32 Å². The second-order valence-corrected chi connectivity index (χ2v) is 2.65. The van der Waals surface area contributed by atoms with Gasteiger partial charge in [0, 0.05) is 5.69 Å². The second kappa shape index (κ2) is 4.96. The number of carbonyl (C=O) groups is 1. The summed E-state index contributed by atoms with van der Waals surface area (Å²) in [4.78, 5) is 10.1. The molecule has 0 radical (unpaired) electrons. The monoisotopic (exact) mass is 196 g/mol. The van der Waals surface area contributed by atoms with Crippen molar-refractivity contribution < 1.29 is 14.6 Å². The average Bonchev–Trinajstić information content (AvgIpc) is 2.15. The normalized spacial score (nSPS) is 9.43. The molecule has 0 unspecified atom stereocenters. The van der Waals surface area contributed by atoms with Crippen LogP contribution in [0, 0.1) is 0 Å². The number of nitrogen functional groups attached to an aromatic ring is 1. The number of ether oxygens (including phenoxy) is 1. The standard InChI is InChI=1S/C9H12N2O3/c10-7-1-3-8(4-2-7)14-6-5-11-9(12)13/h1-4,11H,5-6,10H2,(H,12,13). The van der Waals surface area contributed by atoms with Gasteiger partial charge in [-0.15, -0.1) is 0 Å². The predicted octanol–water partition coefficient (Wildman–Crippen LogP) is 0.915. The zero-order valence-corrected chi connectivity index (χ0v) is 7.56. The van der Waals surface area contributed by atoms with Crippen molar-refractivity contribution in [3.63, 3.8) is 0 Å². The minimum absolute atomic E-state index is 0.264. The highest BCUT2D eigenvalue weighted by Gasteiger charge is 1.95. The number of anilines is 1. The Kier molecular flexibility index (Phi) is 3.60. The van der Waals surface area contributed by atoms with Crippen LogP contribution in [0.25, 0.3) is 0 Å². The van der Waals surface area contributed by atoms with E-state index in [4.69, 9.17) is 15.6 Å². The van der Waals surface area contributed by atoms with Crippen LogP contribution in [-0.4, -0.2) is 24.4 Å². The van der Waals surface area contributed by atoms with Gasteiger partial charge >= 0.3 is 6.09 Å². The van der Waals surface area contributed by atoms with Gasteiger partial charge in [-0.1, -0.05) is 0 Å². The molecule has 0 aliphatic rings. The fourth-order valence-electron chi connectivity index (χ4n) is 0.891. The summed E-state index contributed by atoms with van der Waals surface area (Å²) in [7, 11) is 0. The molecule has 0 aromatic heterocycles. The summed E-state index contributed by atoms with van der Waals surface area (Å²) in [6.45, 7) is 0.565. The third-order valence-electron chi connectivity index (χ3n) is 1.53. The Labute approximate surface area is 81.5 Å². The van der Waals surface area contributed by atoms with Gasteiger partial charge in [-0.2, -0.15) is 0 Å². The van der Waals surface area contributed by atoms with Gasteiger partial charge in [-0.3, -0.25) is 0 Å². The van der Waals surface area contributed by atoms with E-state index in [1.807, 2.05) is 0 Å². The third kappa shape index (κ3) is 3.66. The van der Waals surface area contributed by atoms with Gasteiger partial charge in [0.25, 0.3) is 0 Å². The van der Waals surface area contributed by atoms with Gasteiger partial charge in [0.1, 0.15) is 12.4 Å². The lowest BCUT2D eigenvalue weighted by atomic mass is 10.3. The van der Waals surface area contributed by atoms with Crippen LogP contribution in [0.1, 0.15) is 0 Å². The molecule has 0 saturated carbocycles. The number of benzene rings is 1. The Hall–Kier alpha value is -1.91. The van der Waals surface area contributed by atoms with E-state index in [-0.39, 0.29) is 6.54 Å². The van der Waals surface area contributed by atoms with Gasteiger partial charge in [0.2, 0.25) is 0 Å². The van der Waals surface area contributed by atoms with Crippen molar-refractivity contribution in [2.75, 3.05) is 18.9 Å². The van der Waals surface area contributed by atoms with Gasteiger partial charge < -0.3 is 20.9 Å². The van der Waals surface area contributed by atoms with Gasteiger partial charge in [0.15, 0.2) is 0 Å². The number of hydrogen-bond acceptors (Lipinski definition) is 3. The molecule has 1 amide bonds. The molecule has 1 rings (SSSR count). The van der Waals surface area contributed by atoms with Crippen LogP contribution >= 0.6 is 0 Å². The van der Waals surface area contributed by atoms with Crippen LogP contribution in [0.2, 0.25) is 0 Å². The van der Waals surface area contributed by atoms with Gasteiger partial charge in [0.05, 0.1) is 6.54 Å². The first kappa shape index (κ1) is 10.2. The lowest BCUT2D eigenvalue weighted by Crippen LogP contribution is -2.26. The summed E-state index contributed by atoms with van der Waals surface area (Å²) in [6.07, 6.45) is -1.05. The lowest BCUT2D eigenvalue weighted by molar-refractivity contribution is 0.191. The highest BCUT2D eigenvalue weighted by molar-refractivity contribution is 5.64. The van der Waals surface area contributed by atoms with Crippen LogP contribution in [-0.2, 0) is 0 Å². The summed E-state index contributed by atoms with van der Waals surface area (Å²) in [5, 5.41) is 10.5. The molecule has 5 nitrogen and oxygen atoms in total. The number of amides is 1. The lowest BCUT2D eigenvalue weighted by Gasteiger charge is -2.05. The minimum Gasteiger partial charge on any atom is -0.492 e. The third-order valence-corrected chi connectivity index (χ3v) is 1.53. The fourth-order valence-corrected chi connectivity index (χ4v) is 0.891. The van der Waals surface area contributed by atoms with E-state index in [0.29, 0.717) is 18.0 Å². The summed E-state index contributed by atoms with van der Waals surface area (Å²) in [5.74, 6) is 0.673. The second-order valence-electron chi connectivity index (χ2n) is 2.65. The first-order valence-electron chi connectivity index (χ1n) is 4.13. The van der Waals surface area contributed by atoms with E-state index in [1.165, 1.54) is 0 Å². The maximum absolute atomic E-state index is 10.1. The van der Waals surface area contributed by atoms with E-state index < -0.39 is 6.09 Å². The molecule has 0 saturated heterocycles. The molecule has 0 aliphatic carbocycles. The smallest absolute Gasteiger partial charge is 0.404 e. The van der Waals surface area contributed by atoms with E-state index >= 15 is 0 Å². The van der Waals surface area contributed by atoms with Crippen molar-refractivity contribution >= 4 is 11.8 Å². The summed E-state index contributed by atoms with van der Waals surface area (Å²) in [6, 6.07) is 6.91. The maximum atomic E-state index is 10.1. The summed E-state index contributed by atoms with van der Waals surface area (Å²) in [5.41, 5.74) is 6.14. The zero-order chi connectivity index (χ0) is 10.4. The molecule has 0 fully saturated rings. The predicted molar refractivity (Wildman–Crippen MR) is 52.4 cm³/mol. The number of carboxylic acid groups (broad SMARTS) is 1. The molecule has 0 aliphatic heterocycles. The Morgan fingerprint density at radius 2 is 2.07 bits per heavy atom. The zero-order valence-electron chi connectivity index (χ0n) is 7.56. The van der Waals surface area contributed by atoms with Crippen molar-refractivity contribution in [3.8, 4) is 5.75 Å². The number of nitrogens with one attached hydrogen (secondary N) is 1. The van der Waals surface area contributed by atoms with Crippen molar-refractivity contribution in [3.05, 3.63) is 24.3 Å². The number of nitrogens with two attached hydrogens (primary N) is 1. The van der Waals surface area contributed by atoms with Crippen LogP contribution in [0.15, 0.2) is 24.3 Å². The molecule has 0 heterocycles. The molecule has 14 heavy (non-hydrogen) atoms. The Bertz CT molecular complexity index is 297. The largest absolute Gasteiger partial charge is 0.492 e. The molecular formula is C9H12N2O3. The Balaban J connectivity index is 2.25. The number of hydrogen-bond donors (Lipinski definition) is 3. The molecule has 0 spiro atoms. The minimum atomic E-state index is -1.05. The summed E-state index contributed by atoms with van der Waals surface area (Å²) >= 11 is 0. The van der Waals surface area contributed by atoms with Crippen molar-refractivity contribution in [1.29, 1.82) is 0 Å². The van der Waals surface area contributed by atoms with Crippen molar-refractivity contribution in [2.24, 2.45) is 0 Å². The average molecular weight is 196 g/mol. The highest BCUT2D eigenvalue weighted by atomic mass is 16.5. The van der Waals surface area contributed by atoms with Crippen LogP contribution in [0.3, 0.4) is 0 Å². The topological polar surface area (TPSA) is 84.6 Å². The molecule has 5 heteroatoms. The van der Waals surface area contributed by atoms with E-state index in [9.17, 15) is 4.79 Å². The van der Waals surface area contributed by atoms with E-state index in [2.05, 4.69) is 5.32 Å². The van der Waals surface area contributed by atoms with Gasteiger partial charge in [-0.25, -0.2) is 4.79 Å². The Morgan fingerprint density at radius 1 is 1.43 bits per heavy atom. The molecular weight excluding hydrogens is 184 g/mol. The van der Waals surface area contributed by atoms with Crippen LogP contribution < -0.4 is 15.8 Å². The highest BCUT2D eigenvalue weighted by Crippen LogP contribution is 2.12. The maximum Gasteiger partial charge on any atom is 0.404 e. The van der Waals surface area contributed by atoms with E-state index in [0.717, 1.165) is 0 Å². The fraction of sp³-hybridized carbons (Fsp3) is 0.222. The molecule has 1 aromatic rings. The van der Waals surface area contributed by atoms with E-state index in [1.54, 1.807) is 24.3 Å². The number of rotatable bonds is 4. The SMILES string of the molecule is Nc1ccc(OCCNC(=O)O)cc1. The first-order chi connectivity index (χ1) is 6.68. The first-order valence-corrected chi connectivity index (χ1v) is 4.13. The molecule has 0 bridgehead atoms. The van der Waals surface area contributed by atoms with Crippen LogP contribution in [0.4, 0.5) is 10.5 Å². The quantitative estimate of drug-likeness (QED) is 0.493. The molecule has 0 atom stereocenters. The van der Waals surface area contributed by atoms with Crippen LogP contribution in [0.5, 0.6) is 5.75 Å². The molecule has 1 aromatic carbocycles. The van der Waals surface area contributed by atoms with Gasteiger partial charge in [-0.05, 0) is 24.3 Å². The molecule has 4 N–H and O–H groups in total. The molecule has 76 valence electrons. The summed E-state index contributed by atoms with van der Waals surface area (Å²) < 4.78 is 5.23. The van der Waals surface area contributed by atoms with Crippen molar-refractivity contribution in [2.45, 2.75) is 0 Å².